The van der Waals surface area contributed by atoms with E-state index >= 15 is 0 Å². The first kappa shape index (κ1) is 28.4. The number of ketones is 1. The minimum Gasteiger partial charge on any atom is -0.504 e. The van der Waals surface area contributed by atoms with Gasteiger partial charge in [0.05, 0.1) is 19.3 Å². The Morgan fingerprint density at radius 3 is 2.31 bits per heavy atom. The lowest BCUT2D eigenvalue weighted by molar-refractivity contribution is -0.132. The van der Waals surface area contributed by atoms with Gasteiger partial charge in [-0.2, -0.15) is 0 Å². The third-order valence-electron chi connectivity index (χ3n) is 12.5. The van der Waals surface area contributed by atoms with E-state index < -0.39 is 11.5 Å². The number of rotatable bonds is 4. The maximum absolute atomic E-state index is 13.4. The summed E-state index contributed by atoms with van der Waals surface area (Å²) in [6, 6.07) is -0.621. The molecule has 5 aliphatic carbocycles. The predicted octanol–water partition coefficient (Wildman–Crippen LogP) is 5.47. The van der Waals surface area contributed by atoms with E-state index in [1.54, 1.807) is 6.08 Å². The topological polar surface area (TPSA) is 107 Å². The lowest BCUT2D eigenvalue weighted by atomic mass is 9.36. The Bertz CT molecular complexity index is 1220. The number of amides is 1. The maximum atomic E-state index is 13.4. The number of carbonyl (C=O) groups excluding carboxylic acids is 2. The molecule has 0 spiro atoms. The molecule has 5 aliphatic rings. The molecular weight excluding hydrogens is 490 g/mol. The smallest absolute Gasteiger partial charge is 0.226 e. The number of carbonyl (C=O) groups is 2. The van der Waals surface area contributed by atoms with Gasteiger partial charge in [0.1, 0.15) is 0 Å². The fourth-order valence-corrected chi connectivity index (χ4v) is 9.42. The first-order valence-electron chi connectivity index (χ1n) is 14.8. The molecule has 6 heteroatoms. The Hall–Kier alpha value is -2.18. The van der Waals surface area contributed by atoms with Gasteiger partial charge in [-0.3, -0.25) is 9.59 Å². The lowest BCUT2D eigenvalue weighted by Gasteiger charge is -2.68. The van der Waals surface area contributed by atoms with Gasteiger partial charge in [-0.1, -0.05) is 52.3 Å². The summed E-state index contributed by atoms with van der Waals surface area (Å²) in [7, 11) is 0. The molecule has 3 saturated carbocycles. The van der Waals surface area contributed by atoms with Crippen LogP contribution in [0.4, 0.5) is 0 Å². The molecule has 5 rings (SSSR count). The molecule has 39 heavy (non-hydrogen) atoms. The van der Waals surface area contributed by atoms with Crippen LogP contribution in [0.25, 0.3) is 0 Å². The van der Waals surface area contributed by atoms with Gasteiger partial charge >= 0.3 is 0 Å². The average molecular weight is 538 g/mol. The number of hydrogen-bond donors (Lipinski definition) is 4. The van der Waals surface area contributed by atoms with Gasteiger partial charge in [0, 0.05) is 16.4 Å². The van der Waals surface area contributed by atoms with Crippen LogP contribution in [0, 0.1) is 33.0 Å². The van der Waals surface area contributed by atoms with Gasteiger partial charge in [0.15, 0.2) is 5.76 Å². The van der Waals surface area contributed by atoms with Gasteiger partial charge in [-0.05, 0) is 97.7 Å². The Balaban J connectivity index is 1.51. The molecule has 214 valence electrons. The van der Waals surface area contributed by atoms with Crippen molar-refractivity contribution in [1.29, 1.82) is 0 Å². The predicted molar refractivity (Wildman–Crippen MR) is 152 cm³/mol. The molecule has 0 heterocycles. The number of aliphatic hydroxyl groups excluding tert-OH is 3. The van der Waals surface area contributed by atoms with Crippen LogP contribution < -0.4 is 5.32 Å². The molecule has 0 bridgehead atoms. The van der Waals surface area contributed by atoms with E-state index in [9.17, 15) is 24.9 Å². The van der Waals surface area contributed by atoms with Crippen LogP contribution >= 0.6 is 0 Å². The molecule has 4 N–H and O–H groups in total. The summed E-state index contributed by atoms with van der Waals surface area (Å²) in [6.07, 6.45) is 13.8. The second kappa shape index (κ2) is 9.17. The molecule has 0 saturated heterocycles. The quantitative estimate of drug-likeness (QED) is 0.380. The first-order valence-corrected chi connectivity index (χ1v) is 14.8. The third-order valence-corrected chi connectivity index (χ3v) is 12.5. The first-order chi connectivity index (χ1) is 18.2. The van der Waals surface area contributed by atoms with E-state index in [1.807, 2.05) is 6.92 Å². The summed E-state index contributed by atoms with van der Waals surface area (Å²) in [4.78, 5) is 26.1. The lowest BCUT2D eigenvalue weighted by Crippen LogP contribution is -2.59. The van der Waals surface area contributed by atoms with Crippen LogP contribution in [0.3, 0.4) is 0 Å². The maximum Gasteiger partial charge on any atom is 0.226 e. The monoisotopic (exact) mass is 537 g/mol. The molecule has 0 unspecified atom stereocenters. The van der Waals surface area contributed by atoms with Crippen LogP contribution in [0.2, 0.25) is 0 Å². The van der Waals surface area contributed by atoms with Crippen molar-refractivity contribution in [3.8, 4) is 0 Å². The van der Waals surface area contributed by atoms with E-state index in [1.165, 1.54) is 5.57 Å². The summed E-state index contributed by atoms with van der Waals surface area (Å²) < 4.78 is 0. The molecule has 6 atom stereocenters. The molecule has 6 nitrogen and oxygen atoms in total. The summed E-state index contributed by atoms with van der Waals surface area (Å²) in [5.41, 5.74) is 3.51. The molecule has 0 aliphatic heterocycles. The summed E-state index contributed by atoms with van der Waals surface area (Å²) >= 11 is 0. The van der Waals surface area contributed by atoms with Crippen molar-refractivity contribution in [2.75, 3.05) is 13.2 Å². The number of fused-ring (bicyclic) bond motifs is 7. The van der Waals surface area contributed by atoms with Gasteiger partial charge in [0.2, 0.25) is 11.7 Å². The van der Waals surface area contributed by atoms with Crippen LogP contribution in [0.15, 0.2) is 46.3 Å². The zero-order valence-corrected chi connectivity index (χ0v) is 24.6. The minimum atomic E-state index is -0.621. The van der Waals surface area contributed by atoms with Gasteiger partial charge in [-0.15, -0.1) is 0 Å². The molecule has 0 aromatic heterocycles. The van der Waals surface area contributed by atoms with Gasteiger partial charge < -0.3 is 20.6 Å². The van der Waals surface area contributed by atoms with E-state index in [4.69, 9.17) is 0 Å². The normalized spacial score (nSPS) is 41.8. The van der Waals surface area contributed by atoms with Crippen molar-refractivity contribution < 1.29 is 24.9 Å². The Morgan fingerprint density at radius 2 is 1.64 bits per heavy atom. The standard InChI is InChI=1S/C33H47NO5/c1-20-22-7-8-26-31(4,23(22)17-24(37)27(20)38)14-16-32(5)25-9-10-30(3,28(39)34-21(18-35)19-36)12-11-29(25,2)13-15-33(26,32)6/h7-8,17,21,25,35-36,38H,9-16,18-19H2,1-6H3,(H,34,39)/t25-,29+,30-,31-,32-,33+/m0/s1. The molecule has 0 radical (unpaired) electrons. The average Bonchev–Trinajstić information content (AvgIpc) is 3.05. The van der Waals surface area contributed by atoms with Crippen molar-refractivity contribution >= 4 is 11.7 Å². The van der Waals surface area contributed by atoms with Crippen molar-refractivity contribution in [3.63, 3.8) is 0 Å². The van der Waals surface area contributed by atoms with Crippen LogP contribution in [0.1, 0.15) is 92.9 Å². The Kier molecular flexibility index (Phi) is 6.67. The second-order valence-corrected chi connectivity index (χ2v) is 14.5. The van der Waals surface area contributed by atoms with Crippen molar-refractivity contribution in [3.05, 3.63) is 46.3 Å². The number of hydrogen-bond acceptors (Lipinski definition) is 5. The minimum absolute atomic E-state index is 0.0450. The fourth-order valence-electron chi connectivity index (χ4n) is 9.42. The number of aliphatic hydroxyl groups is 3. The van der Waals surface area contributed by atoms with Gasteiger partial charge in [-0.25, -0.2) is 0 Å². The highest BCUT2D eigenvalue weighted by atomic mass is 16.3. The molecule has 0 aromatic carbocycles. The summed E-state index contributed by atoms with van der Waals surface area (Å²) in [6.45, 7) is 13.0. The zero-order chi connectivity index (χ0) is 28.6. The molecule has 0 aromatic rings. The van der Waals surface area contributed by atoms with E-state index in [0.717, 1.165) is 62.5 Å². The molecule has 3 fully saturated rings. The van der Waals surface area contributed by atoms with Crippen LogP contribution in [0.5, 0.6) is 0 Å². The van der Waals surface area contributed by atoms with Crippen LogP contribution in [-0.2, 0) is 9.59 Å². The zero-order valence-electron chi connectivity index (χ0n) is 24.6. The summed E-state index contributed by atoms with van der Waals surface area (Å²) in [5.74, 6) is -0.0353. The van der Waals surface area contributed by atoms with Crippen molar-refractivity contribution in [1.82, 2.24) is 5.32 Å². The van der Waals surface area contributed by atoms with E-state index in [-0.39, 0.29) is 52.3 Å². The van der Waals surface area contributed by atoms with E-state index in [0.29, 0.717) is 11.5 Å². The largest absolute Gasteiger partial charge is 0.504 e. The summed E-state index contributed by atoms with van der Waals surface area (Å²) in [5, 5.41) is 32.3. The number of nitrogens with one attached hydrogen (secondary N) is 1. The highest BCUT2D eigenvalue weighted by Crippen LogP contribution is 2.74. The SMILES string of the molecule is CC1=C(O)C(=O)C=C2C1=CC=C1[C@@]2(C)CC[C@@]2(C)[C@H]3CC[C@](C)(C(=O)NC(CO)CO)CC[C@]3(C)CC[C@]12C. The van der Waals surface area contributed by atoms with Crippen molar-refractivity contribution in [2.45, 2.75) is 99.0 Å². The molecular formula is C33H47NO5. The molecule has 1 amide bonds. The Morgan fingerprint density at radius 1 is 0.974 bits per heavy atom. The third kappa shape index (κ3) is 3.88. The highest BCUT2D eigenvalue weighted by Gasteiger charge is 2.65. The van der Waals surface area contributed by atoms with Gasteiger partial charge in [0.25, 0.3) is 0 Å². The number of allylic oxidation sites excluding steroid dienone is 7. The highest BCUT2D eigenvalue weighted by molar-refractivity contribution is 6.06. The fraction of sp³-hybridized carbons (Fsp3) is 0.697. The van der Waals surface area contributed by atoms with E-state index in [2.05, 4.69) is 52.1 Å². The van der Waals surface area contributed by atoms with Crippen molar-refractivity contribution in [2.24, 2.45) is 33.0 Å². The van der Waals surface area contributed by atoms with Crippen LogP contribution in [-0.4, -0.2) is 46.3 Å². The second-order valence-electron chi connectivity index (χ2n) is 14.5. The Labute approximate surface area is 233 Å².